The molecule has 0 bridgehead atoms. The number of halogens is 1. The molecule has 0 amide bonds. The van der Waals surface area contributed by atoms with E-state index in [9.17, 15) is 0 Å². The normalized spacial score (nSPS) is 23.3. The SMILES string of the molecule is CCC1CCCCC1n1c(CCCl)nc2cccnc21. The van der Waals surface area contributed by atoms with Crippen LogP contribution in [0.25, 0.3) is 11.2 Å². The van der Waals surface area contributed by atoms with E-state index in [2.05, 4.69) is 22.5 Å². The molecule has 0 saturated heterocycles. The second-order valence-corrected chi connectivity index (χ2v) is 6.08. The summed E-state index contributed by atoms with van der Waals surface area (Å²) in [5, 5.41) is 0. The largest absolute Gasteiger partial charge is 0.309 e. The average Bonchev–Trinajstić information content (AvgIpc) is 2.85. The number of alkyl halides is 1. The molecule has 1 aliphatic rings. The monoisotopic (exact) mass is 291 g/mol. The topological polar surface area (TPSA) is 30.7 Å². The lowest BCUT2D eigenvalue weighted by atomic mass is 9.82. The van der Waals surface area contributed by atoms with Crippen LogP contribution in [0.5, 0.6) is 0 Å². The molecule has 2 heterocycles. The van der Waals surface area contributed by atoms with Crippen LogP contribution in [0.4, 0.5) is 0 Å². The smallest absolute Gasteiger partial charge is 0.160 e. The van der Waals surface area contributed by atoms with E-state index in [0.717, 1.165) is 29.3 Å². The molecule has 0 spiro atoms. The molecule has 0 aliphatic heterocycles. The molecule has 2 aromatic rings. The zero-order valence-electron chi connectivity index (χ0n) is 12.1. The summed E-state index contributed by atoms with van der Waals surface area (Å²) in [5.74, 6) is 2.48. The molecular weight excluding hydrogens is 270 g/mol. The predicted octanol–water partition coefficient (Wildman–Crippen LogP) is 4.35. The molecule has 1 saturated carbocycles. The summed E-state index contributed by atoms with van der Waals surface area (Å²) in [6.45, 7) is 2.30. The zero-order chi connectivity index (χ0) is 13.9. The van der Waals surface area contributed by atoms with Crippen LogP contribution in [-0.4, -0.2) is 20.4 Å². The van der Waals surface area contributed by atoms with Crippen LogP contribution < -0.4 is 0 Å². The number of fused-ring (bicyclic) bond motifs is 1. The van der Waals surface area contributed by atoms with E-state index in [-0.39, 0.29) is 0 Å². The lowest BCUT2D eigenvalue weighted by molar-refractivity contribution is 0.232. The van der Waals surface area contributed by atoms with Crippen LogP contribution in [0, 0.1) is 5.92 Å². The molecule has 20 heavy (non-hydrogen) atoms. The van der Waals surface area contributed by atoms with Gasteiger partial charge in [0.05, 0.1) is 0 Å². The molecule has 108 valence electrons. The van der Waals surface area contributed by atoms with Gasteiger partial charge in [0.15, 0.2) is 5.65 Å². The van der Waals surface area contributed by atoms with Crippen LogP contribution in [-0.2, 0) is 6.42 Å². The Kier molecular flexibility index (Phi) is 4.25. The minimum atomic E-state index is 0.548. The highest BCUT2D eigenvalue weighted by atomic mass is 35.5. The van der Waals surface area contributed by atoms with Crippen LogP contribution in [0.2, 0.25) is 0 Å². The molecule has 2 unspecified atom stereocenters. The van der Waals surface area contributed by atoms with Gasteiger partial charge in [-0.2, -0.15) is 0 Å². The quantitative estimate of drug-likeness (QED) is 0.784. The Labute approximate surface area is 125 Å². The highest BCUT2D eigenvalue weighted by Crippen LogP contribution is 2.38. The van der Waals surface area contributed by atoms with Crippen molar-refractivity contribution in [3.63, 3.8) is 0 Å². The van der Waals surface area contributed by atoms with Gasteiger partial charge in [0.25, 0.3) is 0 Å². The van der Waals surface area contributed by atoms with Gasteiger partial charge in [-0.1, -0.05) is 26.2 Å². The Hall–Kier alpha value is -1.09. The average molecular weight is 292 g/mol. The van der Waals surface area contributed by atoms with Crippen molar-refractivity contribution in [1.29, 1.82) is 0 Å². The molecule has 2 aromatic heterocycles. The van der Waals surface area contributed by atoms with Gasteiger partial charge in [0.2, 0.25) is 0 Å². The zero-order valence-corrected chi connectivity index (χ0v) is 12.8. The molecule has 1 fully saturated rings. The molecule has 0 aromatic carbocycles. The maximum absolute atomic E-state index is 5.97. The van der Waals surface area contributed by atoms with Crippen LogP contribution in [0.15, 0.2) is 18.3 Å². The molecule has 1 aliphatic carbocycles. The number of pyridine rings is 1. The standard InChI is InChI=1S/C16H22ClN3/c1-2-12-6-3-4-8-14(12)20-15(9-10-17)19-13-7-5-11-18-16(13)20/h5,7,11-12,14H,2-4,6,8-10H2,1H3. The first-order chi connectivity index (χ1) is 9.85. The number of nitrogens with zero attached hydrogens (tertiary/aromatic N) is 3. The summed E-state index contributed by atoms with van der Waals surface area (Å²) in [4.78, 5) is 9.35. The summed E-state index contributed by atoms with van der Waals surface area (Å²) >= 11 is 5.97. The molecule has 2 atom stereocenters. The van der Waals surface area contributed by atoms with Crippen LogP contribution >= 0.6 is 11.6 Å². The molecule has 0 radical (unpaired) electrons. The molecule has 0 N–H and O–H groups in total. The maximum atomic E-state index is 5.97. The number of rotatable bonds is 4. The van der Waals surface area contributed by atoms with E-state index in [1.807, 2.05) is 12.3 Å². The summed E-state index contributed by atoms with van der Waals surface area (Å²) in [7, 11) is 0. The van der Waals surface area contributed by atoms with Gasteiger partial charge in [-0.25, -0.2) is 9.97 Å². The summed E-state index contributed by atoms with van der Waals surface area (Å²) < 4.78 is 2.39. The van der Waals surface area contributed by atoms with Crippen molar-refractivity contribution < 1.29 is 0 Å². The first kappa shape index (κ1) is 13.9. The van der Waals surface area contributed by atoms with E-state index < -0.39 is 0 Å². The molecular formula is C16H22ClN3. The van der Waals surface area contributed by atoms with Gasteiger partial charge in [0, 0.05) is 24.5 Å². The number of imidazole rings is 1. The van der Waals surface area contributed by atoms with Gasteiger partial charge in [-0.3, -0.25) is 0 Å². The molecule has 4 heteroatoms. The first-order valence-electron chi connectivity index (χ1n) is 7.73. The maximum Gasteiger partial charge on any atom is 0.160 e. The second-order valence-electron chi connectivity index (χ2n) is 5.70. The fourth-order valence-corrected chi connectivity index (χ4v) is 3.76. The van der Waals surface area contributed by atoms with Crippen molar-refractivity contribution in [2.24, 2.45) is 5.92 Å². The fourth-order valence-electron chi connectivity index (χ4n) is 3.59. The minimum Gasteiger partial charge on any atom is -0.309 e. The van der Waals surface area contributed by atoms with Crippen molar-refractivity contribution in [3.8, 4) is 0 Å². The predicted molar refractivity (Wildman–Crippen MR) is 83.2 cm³/mol. The van der Waals surface area contributed by atoms with Crippen molar-refractivity contribution in [1.82, 2.24) is 14.5 Å². The summed E-state index contributed by atoms with van der Waals surface area (Å²) in [6.07, 6.45) is 9.18. The van der Waals surface area contributed by atoms with Gasteiger partial charge in [0.1, 0.15) is 11.3 Å². The molecule has 3 nitrogen and oxygen atoms in total. The third-order valence-corrected chi connectivity index (χ3v) is 4.75. The highest BCUT2D eigenvalue weighted by Gasteiger charge is 2.28. The Bertz CT molecular complexity index is 578. The Morgan fingerprint density at radius 2 is 2.20 bits per heavy atom. The third-order valence-electron chi connectivity index (χ3n) is 4.56. The Morgan fingerprint density at radius 3 is 3.00 bits per heavy atom. The second kappa shape index (κ2) is 6.13. The number of aromatic nitrogens is 3. The Morgan fingerprint density at radius 1 is 1.35 bits per heavy atom. The van der Waals surface area contributed by atoms with Gasteiger partial charge in [-0.15, -0.1) is 11.6 Å². The van der Waals surface area contributed by atoms with Gasteiger partial charge >= 0.3 is 0 Å². The van der Waals surface area contributed by atoms with Crippen molar-refractivity contribution in [2.45, 2.75) is 51.5 Å². The highest BCUT2D eigenvalue weighted by molar-refractivity contribution is 6.17. The number of hydrogen-bond donors (Lipinski definition) is 0. The lowest BCUT2D eigenvalue weighted by Crippen LogP contribution is -2.24. The van der Waals surface area contributed by atoms with Crippen LogP contribution in [0.1, 0.15) is 50.9 Å². The van der Waals surface area contributed by atoms with Crippen molar-refractivity contribution in [2.75, 3.05) is 5.88 Å². The third kappa shape index (κ3) is 2.44. The number of aryl methyl sites for hydroxylation is 1. The van der Waals surface area contributed by atoms with Gasteiger partial charge in [-0.05, 0) is 30.9 Å². The Balaban J connectivity index is 2.09. The van der Waals surface area contributed by atoms with E-state index in [1.54, 1.807) is 0 Å². The minimum absolute atomic E-state index is 0.548. The van der Waals surface area contributed by atoms with Crippen molar-refractivity contribution in [3.05, 3.63) is 24.2 Å². The van der Waals surface area contributed by atoms with Crippen LogP contribution in [0.3, 0.4) is 0 Å². The first-order valence-corrected chi connectivity index (χ1v) is 8.26. The molecule has 3 rings (SSSR count). The lowest BCUT2D eigenvalue weighted by Gasteiger charge is -2.33. The van der Waals surface area contributed by atoms with E-state index in [4.69, 9.17) is 16.6 Å². The summed E-state index contributed by atoms with van der Waals surface area (Å²) in [5.41, 5.74) is 2.05. The van der Waals surface area contributed by atoms with Crippen molar-refractivity contribution >= 4 is 22.8 Å². The van der Waals surface area contributed by atoms with E-state index >= 15 is 0 Å². The fraction of sp³-hybridized carbons (Fsp3) is 0.625. The van der Waals surface area contributed by atoms with E-state index in [1.165, 1.54) is 32.1 Å². The summed E-state index contributed by atoms with van der Waals surface area (Å²) in [6, 6.07) is 4.56. The van der Waals surface area contributed by atoms with E-state index in [0.29, 0.717) is 11.9 Å². The van der Waals surface area contributed by atoms with Gasteiger partial charge < -0.3 is 4.57 Å². The number of hydrogen-bond acceptors (Lipinski definition) is 2.